The molecule has 0 bridgehead atoms. The Kier molecular flexibility index (Phi) is 6.62. The lowest BCUT2D eigenvalue weighted by Crippen LogP contribution is -2.23. The van der Waals surface area contributed by atoms with Gasteiger partial charge >= 0.3 is 0 Å². The summed E-state index contributed by atoms with van der Waals surface area (Å²) in [7, 11) is 3.79. The summed E-state index contributed by atoms with van der Waals surface area (Å²) in [6.45, 7) is 5.02. The molecule has 1 atom stereocenters. The molecule has 5 heteroatoms. The van der Waals surface area contributed by atoms with Crippen molar-refractivity contribution in [3.63, 3.8) is 0 Å². The lowest BCUT2D eigenvalue weighted by molar-refractivity contribution is -0.117. The lowest BCUT2D eigenvalue weighted by Gasteiger charge is -2.18. The van der Waals surface area contributed by atoms with Gasteiger partial charge in [0.05, 0.1) is 10.9 Å². The molecule has 0 spiro atoms. The molecule has 0 N–H and O–H groups in total. The van der Waals surface area contributed by atoms with Crippen LogP contribution in [0.15, 0.2) is 29.3 Å². The van der Waals surface area contributed by atoms with Gasteiger partial charge in [0.1, 0.15) is 11.6 Å². The van der Waals surface area contributed by atoms with Crippen LogP contribution in [0.2, 0.25) is 0 Å². The summed E-state index contributed by atoms with van der Waals surface area (Å²) in [4.78, 5) is 29.3. The summed E-state index contributed by atoms with van der Waals surface area (Å²) >= 11 is 1.42. The molecule has 21 heavy (non-hydrogen) atoms. The van der Waals surface area contributed by atoms with Crippen molar-refractivity contribution in [2.75, 3.05) is 14.1 Å². The van der Waals surface area contributed by atoms with E-state index in [-0.39, 0.29) is 16.8 Å². The van der Waals surface area contributed by atoms with Gasteiger partial charge in [-0.2, -0.15) is 0 Å². The molecule has 4 nitrogen and oxygen atoms in total. The van der Waals surface area contributed by atoms with Crippen LogP contribution < -0.4 is 0 Å². The van der Waals surface area contributed by atoms with Crippen molar-refractivity contribution in [3.05, 3.63) is 29.8 Å². The van der Waals surface area contributed by atoms with E-state index < -0.39 is 0 Å². The van der Waals surface area contributed by atoms with E-state index in [4.69, 9.17) is 0 Å². The number of thioether (sulfide) groups is 1. The van der Waals surface area contributed by atoms with Gasteiger partial charge in [-0.15, -0.1) is 0 Å². The fraction of sp³-hybridized carbons (Fsp3) is 0.438. The number of hydrogen-bond acceptors (Lipinski definition) is 4. The van der Waals surface area contributed by atoms with Crippen molar-refractivity contribution in [1.82, 2.24) is 4.90 Å². The standard InChI is InChI=1S/C16H22N2O2S/c1-11(19)10-14-8-6-7-9-15(14)17-16(18(4)5)21-13(3)12(2)20/h6-9,13H,10H2,1-5H3. The zero-order chi connectivity index (χ0) is 16.0. The van der Waals surface area contributed by atoms with Crippen LogP contribution in [0, 0.1) is 0 Å². The summed E-state index contributed by atoms with van der Waals surface area (Å²) in [5.74, 6) is 0.223. The Morgan fingerprint density at radius 2 is 1.86 bits per heavy atom. The molecule has 0 radical (unpaired) electrons. The molecule has 0 fully saturated rings. The smallest absolute Gasteiger partial charge is 0.164 e. The highest BCUT2D eigenvalue weighted by Gasteiger charge is 2.15. The minimum atomic E-state index is -0.147. The molecule has 0 amide bonds. The van der Waals surface area contributed by atoms with E-state index in [1.807, 2.05) is 50.2 Å². The Bertz CT molecular complexity index is 553. The van der Waals surface area contributed by atoms with E-state index in [0.29, 0.717) is 6.42 Å². The number of carbonyl (C=O) groups excluding carboxylic acids is 2. The third-order valence-electron chi connectivity index (χ3n) is 2.88. The highest BCUT2D eigenvalue weighted by atomic mass is 32.2. The van der Waals surface area contributed by atoms with Crippen molar-refractivity contribution in [2.45, 2.75) is 32.4 Å². The molecule has 0 aliphatic carbocycles. The number of hydrogen-bond donors (Lipinski definition) is 0. The topological polar surface area (TPSA) is 49.7 Å². The van der Waals surface area contributed by atoms with E-state index in [9.17, 15) is 9.59 Å². The summed E-state index contributed by atoms with van der Waals surface area (Å²) in [5, 5.41) is 0.611. The van der Waals surface area contributed by atoms with Crippen LogP contribution in [-0.2, 0) is 16.0 Å². The maximum absolute atomic E-state index is 11.4. The van der Waals surface area contributed by atoms with Gasteiger partial charge in [-0.3, -0.25) is 9.59 Å². The molecule has 0 heterocycles. The molecule has 1 unspecified atom stereocenters. The van der Waals surface area contributed by atoms with Gasteiger partial charge in [-0.1, -0.05) is 30.0 Å². The van der Waals surface area contributed by atoms with Crippen molar-refractivity contribution < 1.29 is 9.59 Å². The van der Waals surface area contributed by atoms with Crippen molar-refractivity contribution >= 4 is 34.2 Å². The number of nitrogens with zero attached hydrogens (tertiary/aromatic N) is 2. The van der Waals surface area contributed by atoms with Gasteiger partial charge in [0.2, 0.25) is 0 Å². The van der Waals surface area contributed by atoms with Crippen LogP contribution in [0.1, 0.15) is 26.3 Å². The monoisotopic (exact) mass is 306 g/mol. The maximum Gasteiger partial charge on any atom is 0.164 e. The van der Waals surface area contributed by atoms with Crippen LogP contribution in [-0.4, -0.2) is 41.0 Å². The van der Waals surface area contributed by atoms with Crippen LogP contribution in [0.3, 0.4) is 0 Å². The Morgan fingerprint density at radius 1 is 1.24 bits per heavy atom. The SMILES string of the molecule is CC(=O)Cc1ccccc1N=C(SC(C)C(C)=O)N(C)C. The highest BCUT2D eigenvalue weighted by molar-refractivity contribution is 8.14. The van der Waals surface area contributed by atoms with Crippen molar-refractivity contribution in [1.29, 1.82) is 0 Å². The van der Waals surface area contributed by atoms with Gasteiger partial charge in [0.25, 0.3) is 0 Å². The lowest BCUT2D eigenvalue weighted by atomic mass is 10.1. The zero-order valence-corrected chi connectivity index (χ0v) is 14.0. The maximum atomic E-state index is 11.4. The Labute approximate surface area is 130 Å². The van der Waals surface area contributed by atoms with Gasteiger partial charge in [-0.25, -0.2) is 4.99 Å². The van der Waals surface area contributed by atoms with Crippen LogP contribution in [0.5, 0.6) is 0 Å². The molecule has 114 valence electrons. The second kappa shape index (κ2) is 7.98. The molecule has 0 saturated carbocycles. The number of carbonyl (C=O) groups is 2. The molecule has 1 aromatic carbocycles. The van der Waals surface area contributed by atoms with Crippen LogP contribution in [0.25, 0.3) is 0 Å². The molecule has 0 aliphatic rings. The predicted molar refractivity (Wildman–Crippen MR) is 89.3 cm³/mol. The minimum absolute atomic E-state index is 0.105. The second-order valence-corrected chi connectivity index (χ2v) is 6.47. The summed E-state index contributed by atoms with van der Waals surface area (Å²) in [6, 6.07) is 7.60. The van der Waals surface area contributed by atoms with Crippen molar-refractivity contribution in [3.8, 4) is 0 Å². The molecule has 0 aromatic heterocycles. The number of Topliss-reactive ketones (excluding diaryl/α,β-unsaturated/α-hetero) is 2. The molecular weight excluding hydrogens is 284 g/mol. The summed E-state index contributed by atoms with van der Waals surface area (Å²) < 4.78 is 0. The Morgan fingerprint density at radius 3 is 2.38 bits per heavy atom. The average molecular weight is 306 g/mol. The summed E-state index contributed by atoms with van der Waals surface area (Å²) in [5.41, 5.74) is 1.68. The Balaban J connectivity index is 3.11. The van der Waals surface area contributed by atoms with Gasteiger partial charge in [0, 0.05) is 20.5 Å². The normalized spacial score (nSPS) is 12.9. The second-order valence-electron chi connectivity index (χ2n) is 5.17. The third kappa shape index (κ3) is 5.71. The highest BCUT2D eigenvalue weighted by Crippen LogP contribution is 2.24. The van der Waals surface area contributed by atoms with Gasteiger partial charge < -0.3 is 4.90 Å². The predicted octanol–water partition coefficient (Wildman–Crippen LogP) is 3.08. The number of benzene rings is 1. The van der Waals surface area contributed by atoms with E-state index in [2.05, 4.69) is 4.99 Å². The molecular formula is C16H22N2O2S. The van der Waals surface area contributed by atoms with E-state index in [0.717, 1.165) is 16.4 Å². The third-order valence-corrected chi connectivity index (χ3v) is 4.24. The molecule has 0 saturated heterocycles. The fourth-order valence-electron chi connectivity index (χ4n) is 1.61. The Hall–Kier alpha value is -1.62. The zero-order valence-electron chi connectivity index (χ0n) is 13.2. The quantitative estimate of drug-likeness (QED) is 0.619. The van der Waals surface area contributed by atoms with Gasteiger partial charge in [0.15, 0.2) is 5.17 Å². The van der Waals surface area contributed by atoms with Crippen molar-refractivity contribution in [2.24, 2.45) is 4.99 Å². The first-order chi connectivity index (χ1) is 9.81. The molecule has 1 aromatic rings. The van der Waals surface area contributed by atoms with Crippen LogP contribution >= 0.6 is 11.8 Å². The summed E-state index contributed by atoms with van der Waals surface area (Å²) in [6.07, 6.45) is 0.368. The van der Waals surface area contributed by atoms with Gasteiger partial charge in [-0.05, 0) is 32.4 Å². The van der Waals surface area contributed by atoms with Crippen LogP contribution in [0.4, 0.5) is 5.69 Å². The fourth-order valence-corrected chi connectivity index (χ4v) is 2.46. The molecule has 1 rings (SSSR count). The first kappa shape index (κ1) is 17.4. The first-order valence-electron chi connectivity index (χ1n) is 6.81. The number of ketones is 2. The number of para-hydroxylation sites is 1. The largest absolute Gasteiger partial charge is 0.357 e. The van der Waals surface area contributed by atoms with E-state index >= 15 is 0 Å². The number of aliphatic imine (C=N–C) groups is 1. The average Bonchev–Trinajstić information content (AvgIpc) is 2.39. The number of amidine groups is 1. The first-order valence-corrected chi connectivity index (χ1v) is 7.69. The minimum Gasteiger partial charge on any atom is -0.357 e. The number of rotatable bonds is 5. The molecule has 0 aliphatic heterocycles. The van der Waals surface area contributed by atoms with E-state index in [1.54, 1.807) is 13.8 Å². The van der Waals surface area contributed by atoms with E-state index in [1.165, 1.54) is 11.8 Å².